The van der Waals surface area contributed by atoms with E-state index in [1.807, 2.05) is 0 Å². The average molecular weight is 93.0 g/mol. The van der Waals surface area contributed by atoms with Gasteiger partial charge in [0.2, 0.25) is 0 Å². The molecule has 0 N–H and O–H groups in total. The average Bonchev–Trinajstić information content (AvgIpc) is 1.55. The molecule has 1 fully saturated rings. The van der Waals surface area contributed by atoms with Gasteiger partial charge >= 0.3 is 0 Å². The number of hydrogen-bond acceptors (Lipinski definition) is 0. The Kier molecular flexibility index (Phi) is 1.56. The number of rotatable bonds is 1. The molecule has 1 saturated heterocycles. The van der Waals surface area contributed by atoms with Crippen LogP contribution in [-0.4, -0.2) is 7.28 Å². The molecule has 0 aromatic rings. The van der Waals surface area contributed by atoms with Crippen molar-refractivity contribution in [2.24, 2.45) is 0 Å². The van der Waals surface area contributed by atoms with Crippen LogP contribution < -0.4 is 0 Å². The van der Waals surface area contributed by atoms with Crippen molar-refractivity contribution in [3.8, 4) is 0 Å². The maximum absolute atomic E-state index is 2.30. The van der Waals surface area contributed by atoms with Crippen LogP contribution in [0.2, 0.25) is 6.32 Å². The van der Waals surface area contributed by atoms with Gasteiger partial charge in [-0.2, -0.15) is 0 Å². The van der Waals surface area contributed by atoms with Crippen molar-refractivity contribution < 1.29 is 0 Å². The third kappa shape index (κ3) is 1.08. The van der Waals surface area contributed by atoms with E-state index in [0.717, 1.165) is 0 Å². The molecule has 7 heavy (non-hydrogen) atoms. The highest BCUT2D eigenvalue weighted by atomic mass is 13.9. The molecule has 1 rings (SSSR count). The van der Waals surface area contributed by atoms with E-state index in [-0.39, 0.29) is 0 Å². The summed E-state index contributed by atoms with van der Waals surface area (Å²) in [5, 5.41) is 0. The van der Waals surface area contributed by atoms with Gasteiger partial charge in [0.1, 0.15) is 7.28 Å². The van der Waals surface area contributed by atoms with E-state index in [0.29, 0.717) is 0 Å². The summed E-state index contributed by atoms with van der Waals surface area (Å²) in [6.45, 7) is 2.18. The molecule has 0 bridgehead atoms. The van der Waals surface area contributed by atoms with Gasteiger partial charge in [-0.1, -0.05) is 19.3 Å². The van der Waals surface area contributed by atoms with Gasteiger partial charge in [-0.25, -0.2) is 0 Å². The highest BCUT2D eigenvalue weighted by molar-refractivity contribution is 6.49. The monoisotopic (exact) mass is 93.1 g/mol. The third-order valence-corrected chi connectivity index (χ3v) is 1.31. The lowest BCUT2D eigenvalue weighted by Gasteiger charge is -2.13. The zero-order valence-corrected chi connectivity index (χ0v) is 4.78. The predicted octanol–water partition coefficient (Wildman–Crippen LogP) is 1.81. The fraction of sp³-hybridized carbons (Fsp3) is 0.667. The van der Waals surface area contributed by atoms with E-state index in [9.17, 15) is 0 Å². The first-order valence-corrected chi connectivity index (χ1v) is 2.95. The molecule has 0 aliphatic carbocycles. The molecule has 0 aromatic carbocycles. The van der Waals surface area contributed by atoms with Crippen LogP contribution in [-0.2, 0) is 0 Å². The van der Waals surface area contributed by atoms with Crippen LogP contribution in [0.25, 0.3) is 0 Å². The Morgan fingerprint density at radius 3 is 2.71 bits per heavy atom. The molecule has 37 valence electrons. The summed E-state index contributed by atoms with van der Waals surface area (Å²) < 4.78 is 0. The molecule has 1 heteroatoms. The van der Waals surface area contributed by atoms with Crippen LogP contribution in [0.5, 0.6) is 0 Å². The minimum Gasteiger partial charge on any atom is -0.113 e. The van der Waals surface area contributed by atoms with E-state index < -0.39 is 0 Å². The molecule has 0 aromatic heterocycles. The quantitative estimate of drug-likeness (QED) is 0.433. The Morgan fingerprint density at radius 1 is 1.86 bits per heavy atom. The Balaban J connectivity index is 2.23. The molecule has 1 aliphatic heterocycles. The van der Waals surface area contributed by atoms with Crippen LogP contribution >= 0.6 is 0 Å². The van der Waals surface area contributed by atoms with Crippen molar-refractivity contribution >= 4 is 7.28 Å². The Hall–Kier alpha value is -0.195. The van der Waals surface area contributed by atoms with Crippen molar-refractivity contribution in [1.29, 1.82) is 0 Å². The fourth-order valence-electron chi connectivity index (χ4n) is 0.759. The van der Waals surface area contributed by atoms with Crippen molar-refractivity contribution in [3.63, 3.8) is 0 Å². The van der Waals surface area contributed by atoms with Gasteiger partial charge in [0, 0.05) is 0 Å². The summed E-state index contributed by atoms with van der Waals surface area (Å²) in [6.07, 6.45) is 6.13. The molecule has 0 saturated carbocycles. The van der Waals surface area contributed by atoms with Gasteiger partial charge in [0.25, 0.3) is 0 Å². The zero-order chi connectivity index (χ0) is 5.11. The fourth-order valence-corrected chi connectivity index (χ4v) is 0.759. The van der Waals surface area contributed by atoms with E-state index >= 15 is 0 Å². The van der Waals surface area contributed by atoms with Crippen molar-refractivity contribution in [3.05, 3.63) is 11.5 Å². The molecule has 0 spiro atoms. The summed E-state index contributed by atoms with van der Waals surface area (Å²) >= 11 is 0. The normalized spacial score (nSPS) is 23.9. The first kappa shape index (κ1) is 4.95. The SMILES string of the molecule is CC/C=C1/[B]CC1. The van der Waals surface area contributed by atoms with Gasteiger partial charge in [0.05, 0.1) is 0 Å². The molecule has 0 nitrogen and oxygen atoms in total. The molecule has 1 aliphatic rings. The second-order valence-electron chi connectivity index (χ2n) is 1.93. The van der Waals surface area contributed by atoms with Gasteiger partial charge in [0.15, 0.2) is 0 Å². The van der Waals surface area contributed by atoms with E-state index in [4.69, 9.17) is 0 Å². The van der Waals surface area contributed by atoms with Crippen LogP contribution in [0.1, 0.15) is 19.8 Å². The van der Waals surface area contributed by atoms with Crippen LogP contribution in [0.3, 0.4) is 0 Å². The predicted molar refractivity (Wildman–Crippen MR) is 33.6 cm³/mol. The third-order valence-electron chi connectivity index (χ3n) is 1.31. The first-order valence-electron chi connectivity index (χ1n) is 2.95. The van der Waals surface area contributed by atoms with E-state index in [2.05, 4.69) is 20.3 Å². The lowest BCUT2D eigenvalue weighted by molar-refractivity contribution is 1.06. The van der Waals surface area contributed by atoms with E-state index in [1.54, 1.807) is 5.47 Å². The second-order valence-corrected chi connectivity index (χ2v) is 1.93. The maximum atomic E-state index is 2.30. The second kappa shape index (κ2) is 2.20. The minimum atomic E-state index is 1.20. The Labute approximate surface area is 45.9 Å². The Morgan fingerprint density at radius 2 is 2.57 bits per heavy atom. The van der Waals surface area contributed by atoms with E-state index in [1.165, 1.54) is 19.2 Å². The van der Waals surface area contributed by atoms with Gasteiger partial charge in [-0.05, 0) is 12.8 Å². The summed E-state index contributed by atoms with van der Waals surface area (Å²) in [6, 6.07) is 0. The summed E-state index contributed by atoms with van der Waals surface area (Å²) in [5.74, 6) is 0. The summed E-state index contributed by atoms with van der Waals surface area (Å²) in [7, 11) is 2.30. The van der Waals surface area contributed by atoms with Gasteiger partial charge in [-0.3, -0.25) is 0 Å². The lowest BCUT2D eigenvalue weighted by Crippen LogP contribution is -2.07. The van der Waals surface area contributed by atoms with Crippen molar-refractivity contribution in [1.82, 2.24) is 0 Å². The lowest BCUT2D eigenvalue weighted by atomic mass is 9.52. The topological polar surface area (TPSA) is 0 Å². The van der Waals surface area contributed by atoms with Gasteiger partial charge in [-0.15, -0.1) is 5.47 Å². The molecule has 0 unspecified atom stereocenters. The molecule has 1 radical (unpaired) electrons. The molecular weight excluding hydrogens is 82.9 g/mol. The molecule has 1 heterocycles. The van der Waals surface area contributed by atoms with Crippen LogP contribution in [0.15, 0.2) is 11.5 Å². The largest absolute Gasteiger partial charge is 0.145 e. The summed E-state index contributed by atoms with van der Waals surface area (Å²) in [4.78, 5) is 0. The number of hydrogen-bond donors (Lipinski definition) is 0. The molecular formula is C6H10B. The van der Waals surface area contributed by atoms with Crippen molar-refractivity contribution in [2.75, 3.05) is 0 Å². The minimum absolute atomic E-state index is 1.20. The van der Waals surface area contributed by atoms with Crippen LogP contribution in [0.4, 0.5) is 0 Å². The molecule has 0 amide bonds. The highest BCUT2D eigenvalue weighted by Gasteiger charge is 2.07. The standard InChI is InChI=1S/C6H10B/c1-2-3-6-4-5-7-6/h3H,2,4-5H2,1H3/b6-3+. The highest BCUT2D eigenvalue weighted by Crippen LogP contribution is 2.16. The molecule has 0 atom stereocenters. The number of allylic oxidation sites excluding steroid dienone is 2. The van der Waals surface area contributed by atoms with Gasteiger partial charge < -0.3 is 0 Å². The summed E-state index contributed by atoms with van der Waals surface area (Å²) in [5.41, 5.74) is 1.56. The van der Waals surface area contributed by atoms with Crippen LogP contribution in [0, 0.1) is 0 Å². The van der Waals surface area contributed by atoms with Crippen molar-refractivity contribution in [2.45, 2.75) is 26.1 Å². The first-order chi connectivity index (χ1) is 3.43. The zero-order valence-electron chi connectivity index (χ0n) is 4.78. The smallest absolute Gasteiger partial charge is 0.113 e. The Bertz CT molecular complexity index is 78.2. The maximum Gasteiger partial charge on any atom is 0.145 e.